The Morgan fingerprint density at radius 2 is 1.89 bits per heavy atom. The lowest BCUT2D eigenvalue weighted by Crippen LogP contribution is -2.56. The van der Waals surface area contributed by atoms with Crippen LogP contribution in [0.3, 0.4) is 0 Å². The molecule has 0 spiro atoms. The van der Waals surface area contributed by atoms with Crippen LogP contribution in [0.25, 0.3) is 0 Å². The highest BCUT2D eigenvalue weighted by Gasteiger charge is 2.34. The van der Waals surface area contributed by atoms with Crippen LogP contribution in [-0.4, -0.2) is 30.6 Å². The van der Waals surface area contributed by atoms with Crippen molar-refractivity contribution in [1.82, 2.24) is 10.2 Å². The Balaban J connectivity index is 1.64. The number of nitrogens with zero attached hydrogens (tertiary/aromatic N) is 1. The van der Waals surface area contributed by atoms with Crippen molar-refractivity contribution in [3.05, 3.63) is 33.4 Å². The summed E-state index contributed by atoms with van der Waals surface area (Å²) in [4.78, 5) is 2.61. The molecule has 18 heavy (non-hydrogen) atoms. The first-order chi connectivity index (χ1) is 8.72. The minimum Gasteiger partial charge on any atom is -0.306 e. The Labute approximate surface area is 123 Å². The van der Waals surface area contributed by atoms with E-state index in [1.165, 1.54) is 41.6 Å². The molecule has 1 aromatic rings. The van der Waals surface area contributed by atoms with Crippen molar-refractivity contribution in [2.75, 3.05) is 19.6 Å². The molecule has 1 N–H and O–H groups in total. The monoisotopic (exact) mass is 356 g/mol. The molecule has 0 radical (unpaired) electrons. The molecule has 1 aromatic carbocycles. The van der Waals surface area contributed by atoms with E-state index in [2.05, 4.69) is 64.0 Å². The molecule has 98 valence electrons. The van der Waals surface area contributed by atoms with Crippen LogP contribution in [0.2, 0.25) is 0 Å². The fraction of sp³-hybridized carbons (Fsp3) is 0.600. The van der Waals surface area contributed by atoms with Crippen molar-refractivity contribution in [2.45, 2.75) is 31.8 Å². The maximum atomic E-state index is 3.84. The molecule has 3 aliphatic rings. The zero-order valence-corrected chi connectivity index (χ0v) is 13.1. The maximum Gasteiger partial charge on any atom is 0.0295 e. The third-order valence-electron chi connectivity index (χ3n) is 4.49. The first-order valence-electron chi connectivity index (χ1n) is 6.96. The zero-order valence-electron chi connectivity index (χ0n) is 10.9. The summed E-state index contributed by atoms with van der Waals surface area (Å²) in [5, 5.41) is 3.84. The van der Waals surface area contributed by atoms with Crippen molar-refractivity contribution in [3.8, 4) is 0 Å². The maximum absolute atomic E-state index is 3.84. The lowest BCUT2D eigenvalue weighted by molar-refractivity contribution is 0.0680. The number of benzene rings is 1. The number of nitrogens with one attached hydrogen (secondary N) is 1. The van der Waals surface area contributed by atoms with Gasteiger partial charge < -0.3 is 10.2 Å². The number of rotatable bonds is 3. The minimum absolute atomic E-state index is 0.465. The Morgan fingerprint density at radius 1 is 1.22 bits per heavy atom. The normalized spacial score (nSPS) is 32.4. The van der Waals surface area contributed by atoms with Crippen molar-refractivity contribution >= 4 is 22.6 Å². The van der Waals surface area contributed by atoms with Crippen LogP contribution < -0.4 is 5.32 Å². The van der Waals surface area contributed by atoms with Crippen LogP contribution in [0.4, 0.5) is 0 Å². The fourth-order valence-electron chi connectivity index (χ4n) is 3.32. The number of hydrogen-bond acceptors (Lipinski definition) is 2. The van der Waals surface area contributed by atoms with Crippen molar-refractivity contribution in [2.24, 2.45) is 5.92 Å². The predicted octanol–water partition coefficient (Wildman–Crippen LogP) is 3.04. The highest BCUT2D eigenvalue weighted by Crippen LogP contribution is 2.29. The fourth-order valence-corrected chi connectivity index (χ4v) is 3.68. The van der Waals surface area contributed by atoms with E-state index in [9.17, 15) is 0 Å². The summed E-state index contributed by atoms with van der Waals surface area (Å²) in [6.45, 7) is 6.18. The first kappa shape index (κ1) is 12.9. The Morgan fingerprint density at radius 3 is 2.44 bits per heavy atom. The molecule has 0 saturated carbocycles. The van der Waals surface area contributed by atoms with Gasteiger partial charge in [-0.05, 0) is 79.1 Å². The number of hydrogen-bond donors (Lipinski definition) is 1. The third kappa shape index (κ3) is 2.73. The van der Waals surface area contributed by atoms with Crippen LogP contribution >= 0.6 is 22.6 Å². The minimum atomic E-state index is 0.465. The summed E-state index contributed by atoms with van der Waals surface area (Å²) >= 11 is 2.36. The quantitative estimate of drug-likeness (QED) is 0.838. The second-order valence-corrected chi connectivity index (χ2v) is 6.93. The summed E-state index contributed by atoms with van der Waals surface area (Å²) in [6.07, 6.45) is 2.77. The molecule has 0 aliphatic carbocycles. The highest BCUT2D eigenvalue weighted by molar-refractivity contribution is 14.1. The molecule has 0 amide bonds. The number of halogens is 1. The summed E-state index contributed by atoms with van der Waals surface area (Å²) in [5.41, 5.74) is 1.41. The standard InChI is InChI=1S/C15H21IN2/c1-11(12-2-4-14(16)5-3-12)17-15-10-18-8-6-13(15)7-9-18/h2-5,11,13,15,17H,6-10H2,1H3. The van der Waals surface area contributed by atoms with Crippen molar-refractivity contribution in [1.29, 1.82) is 0 Å². The van der Waals surface area contributed by atoms with Gasteiger partial charge in [0, 0.05) is 22.2 Å². The lowest BCUT2D eigenvalue weighted by atomic mass is 9.83. The molecule has 2 nitrogen and oxygen atoms in total. The van der Waals surface area contributed by atoms with E-state index in [0.717, 1.165) is 5.92 Å². The van der Waals surface area contributed by atoms with Gasteiger partial charge in [-0.1, -0.05) is 12.1 Å². The molecule has 0 aromatic heterocycles. The molecule has 2 unspecified atom stereocenters. The second kappa shape index (κ2) is 5.47. The smallest absolute Gasteiger partial charge is 0.0295 e. The first-order valence-corrected chi connectivity index (χ1v) is 8.04. The number of piperidine rings is 3. The van der Waals surface area contributed by atoms with Crippen LogP contribution in [-0.2, 0) is 0 Å². The lowest BCUT2D eigenvalue weighted by Gasteiger charge is -2.46. The van der Waals surface area contributed by atoms with Gasteiger partial charge in [-0.2, -0.15) is 0 Å². The second-order valence-electron chi connectivity index (χ2n) is 5.68. The molecule has 3 aliphatic heterocycles. The van der Waals surface area contributed by atoms with E-state index in [4.69, 9.17) is 0 Å². The van der Waals surface area contributed by atoms with Gasteiger partial charge >= 0.3 is 0 Å². The summed E-state index contributed by atoms with van der Waals surface area (Å²) in [6, 6.07) is 10.1. The molecule has 4 rings (SSSR count). The van der Waals surface area contributed by atoms with E-state index in [1.54, 1.807) is 0 Å². The van der Waals surface area contributed by atoms with Crippen LogP contribution in [0.5, 0.6) is 0 Å². The molecule has 2 bridgehead atoms. The Bertz CT molecular complexity index is 395. The summed E-state index contributed by atoms with van der Waals surface area (Å²) in [5.74, 6) is 0.904. The molecular formula is C15H21IN2. The highest BCUT2D eigenvalue weighted by atomic mass is 127. The van der Waals surface area contributed by atoms with Crippen LogP contribution in [0.15, 0.2) is 24.3 Å². The zero-order chi connectivity index (χ0) is 12.5. The average Bonchev–Trinajstić information content (AvgIpc) is 2.41. The van der Waals surface area contributed by atoms with Gasteiger partial charge in [-0.15, -0.1) is 0 Å². The van der Waals surface area contributed by atoms with Crippen LogP contribution in [0, 0.1) is 9.49 Å². The van der Waals surface area contributed by atoms with Gasteiger partial charge in [-0.25, -0.2) is 0 Å². The molecule has 3 saturated heterocycles. The van der Waals surface area contributed by atoms with E-state index >= 15 is 0 Å². The van der Waals surface area contributed by atoms with Crippen molar-refractivity contribution < 1.29 is 0 Å². The van der Waals surface area contributed by atoms with Crippen molar-refractivity contribution in [3.63, 3.8) is 0 Å². The molecule has 3 heteroatoms. The van der Waals surface area contributed by atoms with Gasteiger partial charge in [0.15, 0.2) is 0 Å². The average molecular weight is 356 g/mol. The molecular weight excluding hydrogens is 335 g/mol. The van der Waals surface area contributed by atoms with Gasteiger partial charge in [-0.3, -0.25) is 0 Å². The predicted molar refractivity (Wildman–Crippen MR) is 83.7 cm³/mol. The van der Waals surface area contributed by atoms with E-state index < -0.39 is 0 Å². The molecule has 3 heterocycles. The molecule has 3 fully saturated rings. The van der Waals surface area contributed by atoms with E-state index in [0.29, 0.717) is 12.1 Å². The number of fused-ring (bicyclic) bond motifs is 3. The largest absolute Gasteiger partial charge is 0.306 e. The summed E-state index contributed by atoms with van der Waals surface area (Å²) < 4.78 is 1.31. The van der Waals surface area contributed by atoms with Gasteiger partial charge in [0.1, 0.15) is 0 Å². The summed E-state index contributed by atoms with van der Waals surface area (Å²) in [7, 11) is 0. The van der Waals surface area contributed by atoms with Gasteiger partial charge in [0.05, 0.1) is 0 Å². The van der Waals surface area contributed by atoms with Crippen LogP contribution in [0.1, 0.15) is 31.4 Å². The van der Waals surface area contributed by atoms with E-state index in [1.807, 2.05) is 0 Å². The third-order valence-corrected chi connectivity index (χ3v) is 5.21. The van der Waals surface area contributed by atoms with E-state index in [-0.39, 0.29) is 0 Å². The molecule has 2 atom stereocenters. The SMILES string of the molecule is CC(NC1CN2CCC1CC2)c1ccc(I)cc1. The van der Waals surface area contributed by atoms with Gasteiger partial charge in [0.2, 0.25) is 0 Å². The van der Waals surface area contributed by atoms with Gasteiger partial charge in [0.25, 0.3) is 0 Å². The Kier molecular flexibility index (Phi) is 3.91. The topological polar surface area (TPSA) is 15.3 Å². The Hall–Kier alpha value is -0.130.